The van der Waals surface area contributed by atoms with E-state index in [0.717, 1.165) is 6.07 Å². The molecule has 4 heteroatoms. The minimum Gasteiger partial charge on any atom is -0.166 e. The van der Waals surface area contributed by atoms with Gasteiger partial charge in [-0.25, -0.2) is 0 Å². The molecule has 78 valence electrons. The van der Waals surface area contributed by atoms with Crippen LogP contribution in [-0.4, -0.2) is 6.26 Å². The van der Waals surface area contributed by atoms with Crippen molar-refractivity contribution >= 4 is 11.8 Å². The van der Waals surface area contributed by atoms with Crippen molar-refractivity contribution in [2.45, 2.75) is 24.4 Å². The summed E-state index contributed by atoms with van der Waals surface area (Å²) in [7, 11) is 0. The Morgan fingerprint density at radius 1 is 1.29 bits per heavy atom. The van der Waals surface area contributed by atoms with E-state index in [1.165, 1.54) is 17.8 Å². The van der Waals surface area contributed by atoms with E-state index in [-0.39, 0.29) is 0 Å². The van der Waals surface area contributed by atoms with Crippen LogP contribution in [0.5, 0.6) is 0 Å². The van der Waals surface area contributed by atoms with Crippen LogP contribution in [0, 0.1) is 0 Å². The van der Waals surface area contributed by atoms with Gasteiger partial charge < -0.3 is 0 Å². The van der Waals surface area contributed by atoms with Gasteiger partial charge in [-0.05, 0) is 30.4 Å². The van der Waals surface area contributed by atoms with Crippen LogP contribution in [0.15, 0.2) is 23.1 Å². The van der Waals surface area contributed by atoms with E-state index in [2.05, 4.69) is 0 Å². The van der Waals surface area contributed by atoms with Crippen LogP contribution in [0.3, 0.4) is 0 Å². The summed E-state index contributed by atoms with van der Waals surface area (Å²) in [6, 6.07) is 4.31. The molecule has 0 spiro atoms. The van der Waals surface area contributed by atoms with Gasteiger partial charge in [0.15, 0.2) is 0 Å². The second-order valence-electron chi connectivity index (χ2n) is 2.84. The number of rotatable bonds is 2. The zero-order valence-corrected chi connectivity index (χ0v) is 8.80. The van der Waals surface area contributed by atoms with E-state index in [0.29, 0.717) is 16.9 Å². The highest BCUT2D eigenvalue weighted by Crippen LogP contribution is 2.35. The van der Waals surface area contributed by atoms with Gasteiger partial charge in [-0.1, -0.05) is 13.0 Å². The number of thioether (sulfide) groups is 1. The van der Waals surface area contributed by atoms with Crippen molar-refractivity contribution in [2.75, 3.05) is 6.26 Å². The lowest BCUT2D eigenvalue weighted by molar-refractivity contribution is -0.138. The minimum absolute atomic E-state index is 0.396. The maximum absolute atomic E-state index is 12.5. The van der Waals surface area contributed by atoms with Crippen molar-refractivity contribution in [1.82, 2.24) is 0 Å². The molecule has 1 aromatic carbocycles. The van der Waals surface area contributed by atoms with E-state index >= 15 is 0 Å². The highest BCUT2D eigenvalue weighted by Gasteiger charge is 2.33. The predicted molar refractivity (Wildman–Crippen MR) is 52.6 cm³/mol. The Bertz CT molecular complexity index is 318. The minimum atomic E-state index is -4.24. The largest absolute Gasteiger partial charge is 0.416 e. The molecule has 0 saturated carbocycles. The molecule has 0 N–H and O–H groups in total. The molecule has 14 heavy (non-hydrogen) atoms. The van der Waals surface area contributed by atoms with Gasteiger partial charge in [0.25, 0.3) is 0 Å². The average molecular weight is 220 g/mol. The Kier molecular flexibility index (Phi) is 3.48. The lowest BCUT2D eigenvalue weighted by Gasteiger charge is -2.14. The lowest BCUT2D eigenvalue weighted by Crippen LogP contribution is -2.09. The van der Waals surface area contributed by atoms with E-state index in [4.69, 9.17) is 0 Å². The Labute approximate surface area is 85.5 Å². The lowest BCUT2D eigenvalue weighted by atomic mass is 10.1. The fourth-order valence-electron chi connectivity index (χ4n) is 1.39. The van der Waals surface area contributed by atoms with Crippen molar-refractivity contribution in [3.05, 3.63) is 29.3 Å². The van der Waals surface area contributed by atoms with E-state index < -0.39 is 11.7 Å². The van der Waals surface area contributed by atoms with Crippen molar-refractivity contribution in [3.63, 3.8) is 0 Å². The fraction of sp³-hybridized carbons (Fsp3) is 0.400. The van der Waals surface area contributed by atoms with Gasteiger partial charge in [0.05, 0.1) is 5.56 Å². The van der Waals surface area contributed by atoms with Gasteiger partial charge in [0.2, 0.25) is 0 Å². The molecule has 0 nitrogen and oxygen atoms in total. The van der Waals surface area contributed by atoms with Crippen LogP contribution in [0.2, 0.25) is 0 Å². The topological polar surface area (TPSA) is 0 Å². The van der Waals surface area contributed by atoms with Gasteiger partial charge in [0.1, 0.15) is 0 Å². The Morgan fingerprint density at radius 3 is 2.36 bits per heavy atom. The zero-order chi connectivity index (χ0) is 10.8. The third-order valence-electron chi connectivity index (χ3n) is 2.01. The number of benzene rings is 1. The Hall–Kier alpha value is -0.640. The molecular formula is C10H11F3S. The Morgan fingerprint density at radius 2 is 1.93 bits per heavy atom. The highest BCUT2D eigenvalue weighted by atomic mass is 32.2. The van der Waals surface area contributed by atoms with E-state index in [9.17, 15) is 13.2 Å². The first-order valence-corrected chi connectivity index (χ1v) is 5.46. The smallest absolute Gasteiger partial charge is 0.166 e. The summed E-state index contributed by atoms with van der Waals surface area (Å²) in [5, 5.41) is 0. The van der Waals surface area contributed by atoms with Gasteiger partial charge in [-0.15, -0.1) is 11.8 Å². The summed E-state index contributed by atoms with van der Waals surface area (Å²) in [5.74, 6) is 0. The quantitative estimate of drug-likeness (QED) is 0.679. The number of hydrogen-bond donors (Lipinski definition) is 0. The molecule has 0 heterocycles. The summed E-state index contributed by atoms with van der Waals surface area (Å²) in [5.41, 5.74) is -0.112. The van der Waals surface area contributed by atoms with Crippen LogP contribution < -0.4 is 0 Å². The molecule has 0 unspecified atom stereocenters. The highest BCUT2D eigenvalue weighted by molar-refractivity contribution is 7.98. The monoisotopic (exact) mass is 220 g/mol. The summed E-state index contributed by atoms with van der Waals surface area (Å²) in [4.78, 5) is 0.710. The van der Waals surface area contributed by atoms with E-state index in [1.807, 2.05) is 0 Å². The molecular weight excluding hydrogens is 209 g/mol. The predicted octanol–water partition coefficient (Wildman–Crippen LogP) is 3.99. The summed E-state index contributed by atoms with van der Waals surface area (Å²) in [6.45, 7) is 1.74. The van der Waals surface area contributed by atoms with Gasteiger partial charge in [-0.3, -0.25) is 0 Å². The fourth-order valence-corrected chi connectivity index (χ4v) is 2.10. The second kappa shape index (κ2) is 4.26. The van der Waals surface area contributed by atoms with Crippen LogP contribution in [0.1, 0.15) is 18.1 Å². The number of hydrogen-bond acceptors (Lipinski definition) is 1. The molecule has 0 atom stereocenters. The first kappa shape index (κ1) is 11.4. The molecule has 0 saturated heterocycles. The standard InChI is InChI=1S/C10H11F3S/c1-3-7-8(10(11,12)13)5-4-6-9(7)14-2/h4-6H,3H2,1-2H3. The Balaban J connectivity index is 3.29. The van der Waals surface area contributed by atoms with E-state index in [1.54, 1.807) is 19.2 Å². The first-order valence-electron chi connectivity index (χ1n) is 4.23. The van der Waals surface area contributed by atoms with Gasteiger partial charge >= 0.3 is 6.18 Å². The van der Waals surface area contributed by atoms with Crippen molar-refractivity contribution in [1.29, 1.82) is 0 Å². The maximum Gasteiger partial charge on any atom is 0.416 e. The molecule has 0 aliphatic carbocycles. The van der Waals surface area contributed by atoms with Crippen molar-refractivity contribution < 1.29 is 13.2 Å². The SMILES string of the molecule is CCc1c(SC)cccc1C(F)(F)F. The molecule has 1 aromatic rings. The van der Waals surface area contributed by atoms with Crippen LogP contribution >= 0.6 is 11.8 Å². The number of alkyl halides is 3. The first-order chi connectivity index (χ1) is 6.50. The molecule has 0 aromatic heterocycles. The maximum atomic E-state index is 12.5. The summed E-state index contributed by atoms with van der Waals surface area (Å²) in [6.07, 6.45) is -2.04. The van der Waals surface area contributed by atoms with Crippen molar-refractivity contribution in [3.8, 4) is 0 Å². The summed E-state index contributed by atoms with van der Waals surface area (Å²) < 4.78 is 37.6. The van der Waals surface area contributed by atoms with Crippen LogP contribution in [-0.2, 0) is 12.6 Å². The molecule has 0 radical (unpaired) electrons. The van der Waals surface area contributed by atoms with Gasteiger partial charge in [0, 0.05) is 4.90 Å². The zero-order valence-electron chi connectivity index (χ0n) is 7.98. The average Bonchev–Trinajstić information content (AvgIpc) is 2.15. The third kappa shape index (κ3) is 2.23. The summed E-state index contributed by atoms with van der Waals surface area (Å²) >= 11 is 1.35. The molecule has 0 bridgehead atoms. The third-order valence-corrected chi connectivity index (χ3v) is 2.83. The normalized spacial score (nSPS) is 11.8. The molecule has 0 fully saturated rings. The molecule has 0 aliphatic heterocycles. The van der Waals surface area contributed by atoms with Crippen molar-refractivity contribution in [2.24, 2.45) is 0 Å². The number of halogens is 3. The molecule has 0 amide bonds. The molecule has 0 aliphatic rings. The second-order valence-corrected chi connectivity index (χ2v) is 3.69. The van der Waals surface area contributed by atoms with Crippen LogP contribution in [0.25, 0.3) is 0 Å². The van der Waals surface area contributed by atoms with Gasteiger partial charge in [-0.2, -0.15) is 13.2 Å². The molecule has 1 rings (SSSR count). The van der Waals surface area contributed by atoms with Crippen LogP contribution in [0.4, 0.5) is 13.2 Å².